The molecule has 0 saturated carbocycles. The van der Waals surface area contributed by atoms with E-state index in [2.05, 4.69) is 0 Å². The Kier molecular flexibility index (Phi) is 3.75. The van der Waals surface area contributed by atoms with Gasteiger partial charge in [-0.25, -0.2) is 13.2 Å². The van der Waals surface area contributed by atoms with Gasteiger partial charge in [0.1, 0.15) is 17.5 Å². The second kappa shape index (κ2) is 5.31. The first kappa shape index (κ1) is 13.4. The van der Waals surface area contributed by atoms with Crippen LogP contribution < -0.4 is 0 Å². The van der Waals surface area contributed by atoms with Crippen molar-refractivity contribution >= 4 is 17.4 Å². The SMILES string of the molecule is O=[N+]([O-])c1ccc(Sc2ccc(F)cc2F)c(F)c1. The van der Waals surface area contributed by atoms with Crippen molar-refractivity contribution in [2.24, 2.45) is 0 Å². The lowest BCUT2D eigenvalue weighted by molar-refractivity contribution is -0.385. The van der Waals surface area contributed by atoms with Crippen LogP contribution in [0.25, 0.3) is 0 Å². The summed E-state index contributed by atoms with van der Waals surface area (Å²) in [6, 6.07) is 5.97. The van der Waals surface area contributed by atoms with Gasteiger partial charge >= 0.3 is 0 Å². The van der Waals surface area contributed by atoms with Gasteiger partial charge in [-0.1, -0.05) is 11.8 Å². The van der Waals surface area contributed by atoms with Gasteiger partial charge in [-0.05, 0) is 18.2 Å². The number of hydrogen-bond acceptors (Lipinski definition) is 3. The molecule has 19 heavy (non-hydrogen) atoms. The highest BCUT2D eigenvalue weighted by Gasteiger charge is 2.13. The average molecular weight is 285 g/mol. The third-order valence-corrected chi connectivity index (χ3v) is 3.34. The molecule has 2 rings (SSSR count). The summed E-state index contributed by atoms with van der Waals surface area (Å²) in [6.07, 6.45) is 0. The fraction of sp³-hybridized carbons (Fsp3) is 0. The third-order valence-electron chi connectivity index (χ3n) is 2.24. The number of halogens is 3. The standard InChI is InChI=1S/C12H6F3NO2S/c13-7-1-3-11(9(14)5-7)19-12-4-2-8(16(17)18)6-10(12)15/h1-6H. The Balaban J connectivity index is 2.31. The lowest BCUT2D eigenvalue weighted by Gasteiger charge is -2.04. The van der Waals surface area contributed by atoms with Crippen molar-refractivity contribution in [3.63, 3.8) is 0 Å². The van der Waals surface area contributed by atoms with E-state index in [4.69, 9.17) is 0 Å². The van der Waals surface area contributed by atoms with Crippen molar-refractivity contribution in [2.45, 2.75) is 9.79 Å². The highest BCUT2D eigenvalue weighted by atomic mass is 32.2. The minimum atomic E-state index is -0.831. The largest absolute Gasteiger partial charge is 0.272 e. The van der Waals surface area contributed by atoms with Gasteiger partial charge in [0.2, 0.25) is 0 Å². The molecule has 0 bridgehead atoms. The van der Waals surface area contributed by atoms with Crippen molar-refractivity contribution in [1.82, 2.24) is 0 Å². The molecule has 0 aromatic heterocycles. The van der Waals surface area contributed by atoms with Crippen LogP contribution in [0.15, 0.2) is 46.2 Å². The first-order chi connectivity index (χ1) is 8.97. The fourth-order valence-corrected chi connectivity index (χ4v) is 2.18. The molecule has 0 heterocycles. The van der Waals surface area contributed by atoms with Crippen LogP contribution in [0, 0.1) is 27.6 Å². The smallest absolute Gasteiger partial charge is 0.258 e. The van der Waals surface area contributed by atoms with E-state index in [1.54, 1.807) is 0 Å². The Hall–Kier alpha value is -2.02. The van der Waals surface area contributed by atoms with Crippen LogP contribution >= 0.6 is 11.8 Å². The van der Waals surface area contributed by atoms with Gasteiger partial charge < -0.3 is 0 Å². The fourth-order valence-electron chi connectivity index (χ4n) is 1.36. The summed E-state index contributed by atoms with van der Waals surface area (Å²) >= 11 is 0.731. The normalized spacial score (nSPS) is 10.5. The summed E-state index contributed by atoms with van der Waals surface area (Å²) in [5.41, 5.74) is -0.388. The number of nitrogens with zero attached hydrogens (tertiary/aromatic N) is 1. The Morgan fingerprint density at radius 2 is 1.53 bits per heavy atom. The van der Waals surface area contributed by atoms with Crippen LogP contribution in [-0.2, 0) is 0 Å². The molecule has 7 heteroatoms. The molecule has 2 aromatic carbocycles. The molecule has 3 nitrogen and oxygen atoms in total. The lowest BCUT2D eigenvalue weighted by Crippen LogP contribution is -1.91. The van der Waals surface area contributed by atoms with Gasteiger partial charge in [0.25, 0.3) is 5.69 Å². The molecule has 0 radical (unpaired) electrons. The number of nitro benzene ring substituents is 1. The molecule has 0 aliphatic rings. The van der Waals surface area contributed by atoms with Crippen molar-refractivity contribution in [2.75, 3.05) is 0 Å². The number of hydrogen-bond donors (Lipinski definition) is 0. The Morgan fingerprint density at radius 1 is 0.947 bits per heavy atom. The van der Waals surface area contributed by atoms with Crippen molar-refractivity contribution in [3.8, 4) is 0 Å². The van der Waals surface area contributed by atoms with Gasteiger partial charge in [-0.3, -0.25) is 10.1 Å². The summed E-state index contributed by atoms with van der Waals surface area (Å²) < 4.78 is 39.7. The van der Waals surface area contributed by atoms with Gasteiger partial charge in [0.15, 0.2) is 0 Å². The van der Waals surface area contributed by atoms with E-state index in [-0.39, 0.29) is 15.5 Å². The average Bonchev–Trinajstić information content (AvgIpc) is 2.34. The predicted octanol–water partition coefficient (Wildman–Crippen LogP) is 4.16. The van der Waals surface area contributed by atoms with Crippen molar-refractivity contribution < 1.29 is 18.1 Å². The minimum Gasteiger partial charge on any atom is -0.258 e. The van der Waals surface area contributed by atoms with Gasteiger partial charge in [0, 0.05) is 21.9 Å². The molecule has 0 amide bonds. The second-order valence-electron chi connectivity index (χ2n) is 3.55. The molecular formula is C12H6F3NO2S. The van der Waals surface area contributed by atoms with Gasteiger partial charge in [-0.15, -0.1) is 0 Å². The zero-order valence-corrected chi connectivity index (χ0v) is 10.1. The molecule has 0 aliphatic heterocycles. The molecule has 2 aromatic rings. The van der Waals surface area contributed by atoms with Crippen molar-refractivity contribution in [1.29, 1.82) is 0 Å². The summed E-state index contributed by atoms with van der Waals surface area (Å²) in [4.78, 5) is 9.78. The zero-order chi connectivity index (χ0) is 14.0. The number of non-ortho nitro benzene ring substituents is 1. The zero-order valence-electron chi connectivity index (χ0n) is 9.27. The molecule has 98 valence electrons. The Labute approximate surface area is 110 Å². The van der Waals surface area contributed by atoms with E-state index in [0.29, 0.717) is 6.07 Å². The molecule has 0 atom stereocenters. The Morgan fingerprint density at radius 3 is 2.05 bits per heavy atom. The number of benzene rings is 2. The second-order valence-corrected chi connectivity index (χ2v) is 4.63. The number of rotatable bonds is 3. The molecule has 0 fully saturated rings. The topological polar surface area (TPSA) is 43.1 Å². The minimum absolute atomic E-state index is 0.0242. The monoisotopic (exact) mass is 285 g/mol. The van der Waals surface area contributed by atoms with Gasteiger partial charge in [-0.2, -0.15) is 0 Å². The summed E-state index contributed by atoms with van der Waals surface area (Å²) in [7, 11) is 0. The first-order valence-corrected chi connectivity index (χ1v) is 5.86. The van der Waals surface area contributed by atoms with Crippen LogP contribution in [0.3, 0.4) is 0 Å². The summed E-state index contributed by atoms with van der Waals surface area (Å²) in [5, 5.41) is 10.4. The van der Waals surface area contributed by atoms with Crippen LogP contribution in [0.4, 0.5) is 18.9 Å². The van der Waals surface area contributed by atoms with Crippen LogP contribution in [0.1, 0.15) is 0 Å². The van der Waals surface area contributed by atoms with E-state index < -0.39 is 22.4 Å². The van der Waals surface area contributed by atoms with E-state index in [9.17, 15) is 23.3 Å². The van der Waals surface area contributed by atoms with Crippen LogP contribution in [-0.4, -0.2) is 4.92 Å². The van der Waals surface area contributed by atoms with Crippen molar-refractivity contribution in [3.05, 3.63) is 64.0 Å². The summed E-state index contributed by atoms with van der Waals surface area (Å²) in [6.45, 7) is 0. The maximum atomic E-state index is 13.6. The maximum absolute atomic E-state index is 13.6. The Bertz CT molecular complexity index is 649. The predicted molar refractivity (Wildman–Crippen MR) is 63.5 cm³/mol. The molecule has 0 saturated heterocycles. The van der Waals surface area contributed by atoms with E-state index in [0.717, 1.165) is 30.0 Å². The van der Waals surface area contributed by atoms with E-state index >= 15 is 0 Å². The summed E-state index contributed by atoms with van der Waals surface area (Å²) in [5.74, 6) is -2.38. The quantitative estimate of drug-likeness (QED) is 0.628. The van der Waals surface area contributed by atoms with Crippen LogP contribution in [0.5, 0.6) is 0 Å². The maximum Gasteiger partial charge on any atom is 0.272 e. The third kappa shape index (κ3) is 3.05. The molecule has 0 aliphatic carbocycles. The highest BCUT2D eigenvalue weighted by Crippen LogP contribution is 2.33. The molecule has 0 unspecified atom stereocenters. The van der Waals surface area contributed by atoms with Gasteiger partial charge in [0.05, 0.1) is 11.0 Å². The van der Waals surface area contributed by atoms with E-state index in [1.165, 1.54) is 12.1 Å². The molecular weight excluding hydrogens is 279 g/mol. The lowest BCUT2D eigenvalue weighted by atomic mass is 10.3. The highest BCUT2D eigenvalue weighted by molar-refractivity contribution is 7.99. The molecule has 0 spiro atoms. The first-order valence-electron chi connectivity index (χ1n) is 5.04. The van der Waals surface area contributed by atoms with E-state index in [1.807, 2.05) is 0 Å². The van der Waals surface area contributed by atoms with Crippen LogP contribution in [0.2, 0.25) is 0 Å². The number of nitro groups is 1. The molecule has 0 N–H and O–H groups in total.